The highest BCUT2D eigenvalue weighted by Crippen LogP contribution is 2.40. The molecule has 0 saturated carbocycles. The van der Waals surface area contributed by atoms with Crippen LogP contribution in [-0.4, -0.2) is 29.4 Å². The zero-order valence-electron chi connectivity index (χ0n) is 16.0. The van der Waals surface area contributed by atoms with Gasteiger partial charge in [0.1, 0.15) is 5.75 Å². The van der Waals surface area contributed by atoms with Crippen molar-refractivity contribution < 1.29 is 14.2 Å². The van der Waals surface area contributed by atoms with Gasteiger partial charge in [0.25, 0.3) is 6.17 Å². The van der Waals surface area contributed by atoms with Gasteiger partial charge >= 0.3 is 11.3 Å². The number of aromatic nitrogens is 3. The highest BCUT2D eigenvalue weighted by molar-refractivity contribution is 9.10. The van der Waals surface area contributed by atoms with Crippen molar-refractivity contribution in [3.8, 4) is 17.0 Å². The zero-order valence-corrected chi connectivity index (χ0v) is 18.4. The van der Waals surface area contributed by atoms with E-state index in [0.717, 1.165) is 4.47 Å². The van der Waals surface area contributed by atoms with Crippen LogP contribution in [0.2, 0.25) is 0 Å². The Labute approximate surface area is 179 Å². The van der Waals surface area contributed by atoms with Gasteiger partial charge in [-0.3, -0.25) is 14.6 Å². The first-order valence-electron chi connectivity index (χ1n) is 8.79. The van der Waals surface area contributed by atoms with E-state index in [4.69, 9.17) is 4.74 Å². The summed E-state index contributed by atoms with van der Waals surface area (Å²) in [5.41, 5.74) is 2.13. The molecule has 0 fully saturated rings. The van der Waals surface area contributed by atoms with Gasteiger partial charge in [-0.1, -0.05) is 39.8 Å². The summed E-state index contributed by atoms with van der Waals surface area (Å²) in [4.78, 5) is 30.3. The van der Waals surface area contributed by atoms with Crippen LogP contribution in [0.15, 0.2) is 56.9 Å². The Morgan fingerprint density at radius 3 is 2.76 bits per heavy atom. The van der Waals surface area contributed by atoms with E-state index in [1.807, 2.05) is 48.7 Å². The Bertz CT molecular complexity index is 1180. The Balaban J connectivity index is 2.13. The minimum absolute atomic E-state index is 0.171. The van der Waals surface area contributed by atoms with Crippen LogP contribution in [0, 0.1) is 0 Å². The fourth-order valence-corrected chi connectivity index (χ4v) is 4.34. The van der Waals surface area contributed by atoms with E-state index in [0.29, 0.717) is 33.4 Å². The molecule has 0 spiro atoms. The number of nitrogens with zero attached hydrogens (tertiary/aromatic N) is 3. The molecule has 7 nitrogen and oxygen atoms in total. The van der Waals surface area contributed by atoms with Gasteiger partial charge in [-0.05, 0) is 41.3 Å². The standard InChI is InChI=1S/C20H17BrN4O3S/c1-11(26)24-15-7-5-4-6-13(15)17-18(27)22-20(29-3)23-25(17)19(24)14-10-12(21)8-9-16(14)28-2/h4-10,19H,1-3H3/p+1/t19-/m0/s1. The number of hydrogen-bond acceptors (Lipinski definition) is 5. The Morgan fingerprint density at radius 2 is 2.07 bits per heavy atom. The minimum Gasteiger partial charge on any atom is -0.496 e. The van der Waals surface area contributed by atoms with Crippen LogP contribution < -0.4 is 19.9 Å². The van der Waals surface area contributed by atoms with Gasteiger partial charge in [0.2, 0.25) is 11.1 Å². The summed E-state index contributed by atoms with van der Waals surface area (Å²) < 4.78 is 8.02. The van der Waals surface area contributed by atoms with Crippen LogP contribution in [0.4, 0.5) is 5.69 Å². The average Bonchev–Trinajstić information content (AvgIpc) is 2.71. The fraction of sp³-hybridized carbons (Fsp3) is 0.200. The Kier molecular flexibility index (Phi) is 5.18. The van der Waals surface area contributed by atoms with Gasteiger partial charge in [-0.15, -0.1) is 0 Å². The SMILES string of the molecule is COc1ccc(Br)cc1[C@H]1N(C(C)=O)c2ccccc2-c2c(=O)[nH]c(SC)n[n+]21. The number of anilines is 1. The van der Waals surface area contributed by atoms with Crippen molar-refractivity contribution >= 4 is 39.3 Å². The van der Waals surface area contributed by atoms with Gasteiger partial charge in [0, 0.05) is 16.5 Å². The third-order valence-electron chi connectivity index (χ3n) is 4.76. The molecule has 2 aromatic carbocycles. The Hall–Kier alpha value is -2.65. The first-order valence-corrected chi connectivity index (χ1v) is 10.8. The van der Waals surface area contributed by atoms with Gasteiger partial charge < -0.3 is 4.74 Å². The van der Waals surface area contributed by atoms with Crippen molar-refractivity contribution in [2.24, 2.45) is 0 Å². The summed E-state index contributed by atoms with van der Waals surface area (Å²) in [6, 6.07) is 12.9. The van der Waals surface area contributed by atoms with Crippen LogP contribution in [0.3, 0.4) is 0 Å². The van der Waals surface area contributed by atoms with E-state index in [2.05, 4.69) is 26.0 Å². The van der Waals surface area contributed by atoms with Gasteiger partial charge in [-0.2, -0.15) is 0 Å². The van der Waals surface area contributed by atoms with Crippen molar-refractivity contribution in [1.82, 2.24) is 10.1 Å². The van der Waals surface area contributed by atoms with E-state index < -0.39 is 6.17 Å². The number of thioether (sulfide) groups is 1. The highest BCUT2D eigenvalue weighted by atomic mass is 79.9. The third-order valence-corrected chi connectivity index (χ3v) is 5.82. The highest BCUT2D eigenvalue weighted by Gasteiger charge is 2.46. The number of rotatable bonds is 3. The lowest BCUT2D eigenvalue weighted by Gasteiger charge is -2.31. The molecule has 1 amide bonds. The number of nitrogens with one attached hydrogen (secondary N) is 1. The number of halogens is 1. The lowest BCUT2D eigenvalue weighted by atomic mass is 10.0. The van der Waals surface area contributed by atoms with E-state index in [-0.39, 0.29) is 11.5 Å². The van der Waals surface area contributed by atoms with Crippen molar-refractivity contribution in [3.05, 3.63) is 62.9 Å². The lowest BCUT2D eigenvalue weighted by molar-refractivity contribution is -0.763. The number of fused-ring (bicyclic) bond motifs is 3. The number of hydrogen-bond donors (Lipinski definition) is 1. The molecule has 0 radical (unpaired) electrons. The summed E-state index contributed by atoms with van der Waals surface area (Å²) in [7, 11) is 1.58. The summed E-state index contributed by atoms with van der Waals surface area (Å²) in [6.45, 7) is 1.50. The smallest absolute Gasteiger partial charge is 0.325 e. The quantitative estimate of drug-likeness (QED) is 0.466. The minimum atomic E-state index is -0.682. The average molecular weight is 474 g/mol. The molecule has 3 aromatic rings. The molecule has 1 atom stereocenters. The van der Waals surface area contributed by atoms with Crippen LogP contribution in [0.5, 0.6) is 5.75 Å². The number of para-hydroxylation sites is 1. The molecule has 1 aromatic heterocycles. The van der Waals surface area contributed by atoms with Crippen LogP contribution in [-0.2, 0) is 4.79 Å². The second-order valence-electron chi connectivity index (χ2n) is 6.42. The van der Waals surface area contributed by atoms with Crippen molar-refractivity contribution in [2.45, 2.75) is 18.2 Å². The third kappa shape index (κ3) is 3.24. The Morgan fingerprint density at radius 1 is 1.31 bits per heavy atom. The van der Waals surface area contributed by atoms with Gasteiger partial charge in [0.15, 0.2) is 0 Å². The maximum absolute atomic E-state index is 13.0. The fourth-order valence-electron chi connectivity index (χ4n) is 3.59. The van der Waals surface area contributed by atoms with Gasteiger partial charge in [-0.25, -0.2) is 4.90 Å². The molecule has 0 bridgehead atoms. The van der Waals surface area contributed by atoms with E-state index >= 15 is 0 Å². The molecule has 2 heterocycles. The van der Waals surface area contributed by atoms with Crippen LogP contribution in [0.1, 0.15) is 18.7 Å². The predicted octanol–water partition coefficient (Wildman–Crippen LogP) is 3.13. The number of amides is 1. The number of ether oxygens (including phenoxy) is 1. The summed E-state index contributed by atoms with van der Waals surface area (Å²) in [6.07, 6.45) is 1.15. The van der Waals surface area contributed by atoms with Crippen LogP contribution in [0.25, 0.3) is 11.3 Å². The second-order valence-corrected chi connectivity index (χ2v) is 8.13. The van der Waals surface area contributed by atoms with Crippen LogP contribution >= 0.6 is 27.7 Å². The molecule has 9 heteroatoms. The molecule has 4 rings (SSSR count). The largest absolute Gasteiger partial charge is 0.496 e. The summed E-state index contributed by atoms with van der Waals surface area (Å²) in [5.74, 6) is 0.422. The number of carbonyl (C=O) groups excluding carboxylic acids is 1. The summed E-state index contributed by atoms with van der Waals surface area (Å²) >= 11 is 4.83. The summed E-state index contributed by atoms with van der Waals surface area (Å²) in [5, 5.41) is 5.11. The van der Waals surface area contributed by atoms with Crippen molar-refractivity contribution in [1.29, 1.82) is 0 Å². The van der Waals surface area contributed by atoms with Crippen molar-refractivity contribution in [2.75, 3.05) is 18.3 Å². The zero-order chi connectivity index (χ0) is 20.7. The molecule has 0 unspecified atom stereocenters. The number of benzene rings is 2. The molecular weight excluding hydrogens is 456 g/mol. The first kappa shape index (κ1) is 19.7. The van der Waals surface area contributed by atoms with E-state index in [1.165, 1.54) is 18.7 Å². The van der Waals surface area contributed by atoms with E-state index in [1.54, 1.807) is 16.7 Å². The monoisotopic (exact) mass is 473 g/mol. The number of carbonyl (C=O) groups is 1. The van der Waals surface area contributed by atoms with E-state index in [9.17, 15) is 9.59 Å². The molecule has 29 heavy (non-hydrogen) atoms. The van der Waals surface area contributed by atoms with Gasteiger partial charge in [0.05, 0.1) is 23.9 Å². The molecule has 1 aliphatic heterocycles. The molecule has 1 aliphatic rings. The van der Waals surface area contributed by atoms with Crippen molar-refractivity contribution in [3.63, 3.8) is 0 Å². The number of methoxy groups -OCH3 is 1. The molecule has 148 valence electrons. The lowest BCUT2D eigenvalue weighted by Crippen LogP contribution is -2.60. The topological polar surface area (TPSA) is 79.2 Å². The maximum Gasteiger partial charge on any atom is 0.325 e. The predicted molar refractivity (Wildman–Crippen MR) is 114 cm³/mol. The molecule has 1 N–H and O–H groups in total. The normalized spacial score (nSPS) is 14.9. The molecular formula is C20H18BrN4O3S+. The molecule has 0 saturated heterocycles. The first-order chi connectivity index (χ1) is 14.0. The second kappa shape index (κ2) is 7.64. The molecule has 0 aliphatic carbocycles. The number of aromatic amines is 1. The number of H-pyrrole nitrogens is 1. The maximum atomic E-state index is 13.0.